The van der Waals surface area contributed by atoms with Gasteiger partial charge in [-0.3, -0.25) is 0 Å². The van der Waals surface area contributed by atoms with Gasteiger partial charge in [0.25, 0.3) is 0 Å². The number of benzene rings is 1. The number of carbonyl (C=O) groups excluding carboxylic acids is 1. The highest BCUT2D eigenvalue weighted by molar-refractivity contribution is 7.17. The van der Waals surface area contributed by atoms with E-state index >= 15 is 0 Å². The molecular weight excluding hydrogens is 348 g/mol. The summed E-state index contributed by atoms with van der Waals surface area (Å²) < 4.78 is 5.12. The summed E-state index contributed by atoms with van der Waals surface area (Å²) in [6.07, 6.45) is 0. The fourth-order valence-electron chi connectivity index (χ4n) is 2.13. The summed E-state index contributed by atoms with van der Waals surface area (Å²) in [7, 11) is 0. The Morgan fingerprint density at radius 2 is 2.04 bits per heavy atom. The van der Waals surface area contributed by atoms with Gasteiger partial charge in [-0.25, -0.2) is 15.0 Å². The van der Waals surface area contributed by atoms with Crippen LogP contribution < -0.4 is 5.23 Å². The molecule has 0 aliphatic carbocycles. The molecule has 1 aromatic carbocycles. The number of esters is 1. The van der Waals surface area contributed by atoms with Gasteiger partial charge >= 0.3 is 5.97 Å². The lowest BCUT2D eigenvalue weighted by atomic mass is 10.2. The maximum Gasteiger partial charge on any atom is 0.350 e. The Morgan fingerprint density at radius 1 is 1.29 bits per heavy atom. The quantitative estimate of drug-likeness (QED) is 0.538. The third-order valence-corrected chi connectivity index (χ3v) is 5.03. The smallest absolute Gasteiger partial charge is 0.350 e. The van der Waals surface area contributed by atoms with Crippen molar-refractivity contribution in [3.05, 3.63) is 51.2 Å². The number of thiazole rings is 1. The number of hydrogen-bond donors (Lipinski definition) is 2. The SMILES string of the molecule is CCOC(=O)c1sc(-c2ccc([NH+]([O-])O)cc2)nc1-c1ccsc1. The van der Waals surface area contributed by atoms with Gasteiger partial charge in [0.2, 0.25) is 0 Å². The molecule has 6 nitrogen and oxygen atoms in total. The minimum absolute atomic E-state index is 0.207. The number of thiophene rings is 1. The lowest BCUT2D eigenvalue weighted by Crippen LogP contribution is -2.99. The maximum absolute atomic E-state index is 12.2. The number of rotatable bonds is 5. The van der Waals surface area contributed by atoms with E-state index in [1.54, 1.807) is 19.1 Å². The Labute approximate surface area is 146 Å². The van der Waals surface area contributed by atoms with Gasteiger partial charge in [-0.2, -0.15) is 16.6 Å². The molecule has 24 heavy (non-hydrogen) atoms. The van der Waals surface area contributed by atoms with Crippen molar-refractivity contribution < 1.29 is 20.0 Å². The second-order valence-electron chi connectivity index (χ2n) is 4.81. The van der Waals surface area contributed by atoms with Crippen molar-refractivity contribution in [2.75, 3.05) is 6.61 Å². The average Bonchev–Trinajstić information content (AvgIpc) is 3.24. The summed E-state index contributed by atoms with van der Waals surface area (Å²) in [4.78, 5) is 17.3. The van der Waals surface area contributed by atoms with Crippen molar-refractivity contribution in [3.8, 4) is 21.8 Å². The molecule has 0 saturated heterocycles. The highest BCUT2D eigenvalue weighted by atomic mass is 32.1. The van der Waals surface area contributed by atoms with E-state index in [0.29, 0.717) is 22.2 Å². The Morgan fingerprint density at radius 3 is 2.62 bits per heavy atom. The van der Waals surface area contributed by atoms with Gasteiger partial charge in [-0.05, 0) is 30.5 Å². The van der Waals surface area contributed by atoms with Crippen LogP contribution in [0.15, 0.2) is 41.1 Å². The standard InChI is InChI=1S/C16H14N2O4S2/c1-2-22-16(19)14-13(11-7-8-23-9-11)17-15(24-14)10-3-5-12(6-4-10)18(20)21/h3-9,18,20H,2H2,1H3. The van der Waals surface area contributed by atoms with Crippen LogP contribution in [0.1, 0.15) is 16.6 Å². The average molecular weight is 362 g/mol. The second kappa shape index (κ2) is 7.20. The number of hydrogen-bond acceptors (Lipinski definition) is 7. The van der Waals surface area contributed by atoms with Crippen molar-refractivity contribution in [2.45, 2.75) is 6.92 Å². The zero-order valence-corrected chi connectivity index (χ0v) is 14.3. The van der Waals surface area contributed by atoms with Crippen molar-refractivity contribution in [1.82, 2.24) is 4.98 Å². The lowest BCUT2D eigenvalue weighted by molar-refractivity contribution is -0.991. The summed E-state index contributed by atoms with van der Waals surface area (Å²) in [5, 5.41) is 23.4. The summed E-state index contributed by atoms with van der Waals surface area (Å²) in [6.45, 7) is 2.05. The molecule has 0 fully saturated rings. The fraction of sp³-hybridized carbons (Fsp3) is 0.125. The topological polar surface area (TPSA) is 86.9 Å². The van der Waals surface area contributed by atoms with Crippen molar-refractivity contribution >= 4 is 34.3 Å². The molecule has 2 aromatic heterocycles. The van der Waals surface area contributed by atoms with E-state index in [1.165, 1.54) is 34.8 Å². The van der Waals surface area contributed by atoms with Crippen molar-refractivity contribution in [3.63, 3.8) is 0 Å². The molecule has 3 aromatic rings. The van der Waals surface area contributed by atoms with Gasteiger partial charge in [0, 0.05) is 28.6 Å². The minimum Gasteiger partial charge on any atom is -0.595 e. The number of aromatic nitrogens is 1. The molecule has 0 aliphatic rings. The largest absolute Gasteiger partial charge is 0.595 e. The third-order valence-electron chi connectivity index (χ3n) is 3.26. The lowest BCUT2D eigenvalue weighted by Gasteiger charge is -2.10. The van der Waals surface area contributed by atoms with Gasteiger partial charge in [0.15, 0.2) is 5.69 Å². The predicted octanol–water partition coefficient (Wildman–Crippen LogP) is 3.12. The molecular formula is C16H14N2O4S2. The first-order chi connectivity index (χ1) is 11.6. The fourth-order valence-corrected chi connectivity index (χ4v) is 3.76. The normalized spacial score (nSPS) is 12.1. The zero-order valence-electron chi connectivity index (χ0n) is 12.7. The number of quaternary nitrogens is 1. The van der Waals surface area contributed by atoms with Crippen molar-refractivity contribution in [1.29, 1.82) is 0 Å². The van der Waals surface area contributed by atoms with Gasteiger partial charge < -0.3 is 9.94 Å². The highest BCUT2D eigenvalue weighted by Crippen LogP contribution is 2.35. The summed E-state index contributed by atoms with van der Waals surface area (Å²) in [5.41, 5.74) is 2.43. The molecule has 1 atom stereocenters. The van der Waals surface area contributed by atoms with Gasteiger partial charge in [-0.15, -0.1) is 11.3 Å². The zero-order chi connectivity index (χ0) is 17.1. The van der Waals surface area contributed by atoms with Crippen LogP contribution >= 0.6 is 22.7 Å². The molecule has 1 unspecified atom stereocenters. The van der Waals surface area contributed by atoms with Crippen LogP contribution in [0.25, 0.3) is 21.8 Å². The first-order valence-electron chi connectivity index (χ1n) is 7.14. The van der Waals surface area contributed by atoms with Gasteiger partial charge in [0.05, 0.1) is 12.3 Å². The summed E-state index contributed by atoms with van der Waals surface area (Å²) in [5.74, 6) is -0.399. The highest BCUT2D eigenvalue weighted by Gasteiger charge is 2.21. The van der Waals surface area contributed by atoms with Crippen LogP contribution in [0.3, 0.4) is 0 Å². The third kappa shape index (κ3) is 3.37. The van der Waals surface area contributed by atoms with Crippen molar-refractivity contribution in [2.24, 2.45) is 0 Å². The van der Waals surface area contributed by atoms with Crippen LogP contribution in [-0.4, -0.2) is 22.8 Å². The number of nitrogens with one attached hydrogen (secondary N) is 1. The number of carbonyl (C=O) groups is 1. The molecule has 0 saturated carbocycles. The Balaban J connectivity index is 2.03. The van der Waals surface area contributed by atoms with E-state index in [-0.39, 0.29) is 5.69 Å². The molecule has 124 valence electrons. The summed E-state index contributed by atoms with van der Waals surface area (Å²) in [6, 6.07) is 8.32. The van der Waals surface area contributed by atoms with Crippen LogP contribution in [0.2, 0.25) is 0 Å². The Kier molecular flexibility index (Phi) is 5.03. The molecule has 3 rings (SSSR count). The van der Waals surface area contributed by atoms with E-state index in [4.69, 9.17) is 9.94 Å². The van der Waals surface area contributed by atoms with Gasteiger partial charge in [-0.1, -0.05) is 0 Å². The molecule has 0 spiro atoms. The van der Waals surface area contributed by atoms with E-state index in [9.17, 15) is 10.0 Å². The first-order valence-corrected chi connectivity index (χ1v) is 8.90. The van der Waals surface area contributed by atoms with Crippen LogP contribution in [0.4, 0.5) is 5.69 Å². The van der Waals surface area contributed by atoms with E-state index < -0.39 is 11.2 Å². The number of nitrogens with zero attached hydrogens (tertiary/aromatic N) is 1. The summed E-state index contributed by atoms with van der Waals surface area (Å²) >= 11 is 2.77. The van der Waals surface area contributed by atoms with Gasteiger partial charge in [0.1, 0.15) is 9.88 Å². The first kappa shape index (κ1) is 16.7. The molecule has 0 amide bonds. The molecule has 0 radical (unpaired) electrons. The predicted molar refractivity (Wildman–Crippen MR) is 92.6 cm³/mol. The van der Waals surface area contributed by atoms with E-state index in [2.05, 4.69) is 4.98 Å². The minimum atomic E-state index is -0.980. The van der Waals surface area contributed by atoms with E-state index in [1.807, 2.05) is 16.8 Å². The van der Waals surface area contributed by atoms with Crippen LogP contribution in [0.5, 0.6) is 0 Å². The second-order valence-corrected chi connectivity index (χ2v) is 6.59. The molecule has 2 N–H and O–H groups in total. The molecule has 2 heterocycles. The van der Waals surface area contributed by atoms with Crippen LogP contribution in [-0.2, 0) is 4.74 Å². The molecule has 8 heteroatoms. The van der Waals surface area contributed by atoms with E-state index in [0.717, 1.165) is 11.1 Å². The Hall–Kier alpha value is -2.10. The monoisotopic (exact) mass is 362 g/mol. The molecule has 0 bridgehead atoms. The number of ether oxygens (including phenoxy) is 1. The maximum atomic E-state index is 12.2. The Bertz CT molecular complexity index is 826. The van der Waals surface area contributed by atoms with Crippen LogP contribution in [0, 0.1) is 5.21 Å². The molecule has 0 aliphatic heterocycles.